The summed E-state index contributed by atoms with van der Waals surface area (Å²) in [5, 5.41) is 0. The van der Waals surface area contributed by atoms with E-state index >= 15 is 0 Å². The lowest BCUT2D eigenvalue weighted by Crippen LogP contribution is -2.33. The van der Waals surface area contributed by atoms with Gasteiger partial charge in [-0.2, -0.15) is 0 Å². The average Bonchev–Trinajstić information content (AvgIpc) is 1.63. The standard InChI is InChI=1S/C7H17NO/c1-5-7(3,4)9-6(2)8/h6H,5,8H2,1-4H3. The third kappa shape index (κ3) is 4.43. The van der Waals surface area contributed by atoms with Crippen molar-refractivity contribution in [2.75, 3.05) is 0 Å². The molecule has 1 atom stereocenters. The fourth-order valence-electron chi connectivity index (χ4n) is 0.587. The van der Waals surface area contributed by atoms with Crippen LogP contribution in [-0.2, 0) is 4.74 Å². The molecule has 2 heteroatoms. The van der Waals surface area contributed by atoms with Gasteiger partial charge in [-0.05, 0) is 27.2 Å². The Labute approximate surface area is 57.4 Å². The normalized spacial score (nSPS) is 15.7. The Kier molecular flexibility index (Phi) is 3.15. The van der Waals surface area contributed by atoms with Crippen LogP contribution in [0.1, 0.15) is 34.1 Å². The molecule has 0 bridgehead atoms. The van der Waals surface area contributed by atoms with Crippen molar-refractivity contribution in [1.29, 1.82) is 0 Å². The van der Waals surface area contributed by atoms with Gasteiger partial charge in [0.25, 0.3) is 0 Å². The number of hydrogen-bond donors (Lipinski definition) is 1. The van der Waals surface area contributed by atoms with Crippen LogP contribution in [0.4, 0.5) is 0 Å². The highest BCUT2D eigenvalue weighted by atomic mass is 16.5. The summed E-state index contributed by atoms with van der Waals surface area (Å²) in [5.41, 5.74) is 5.37. The third-order valence-corrected chi connectivity index (χ3v) is 1.36. The Bertz CT molecular complexity index is 79.0. The van der Waals surface area contributed by atoms with E-state index in [4.69, 9.17) is 10.5 Å². The third-order valence-electron chi connectivity index (χ3n) is 1.36. The number of hydrogen-bond acceptors (Lipinski definition) is 2. The molecule has 0 amide bonds. The maximum absolute atomic E-state index is 5.43. The van der Waals surface area contributed by atoms with Crippen molar-refractivity contribution in [1.82, 2.24) is 0 Å². The van der Waals surface area contributed by atoms with Gasteiger partial charge < -0.3 is 10.5 Å². The van der Waals surface area contributed by atoms with E-state index in [2.05, 4.69) is 6.92 Å². The summed E-state index contributed by atoms with van der Waals surface area (Å²) in [7, 11) is 0. The van der Waals surface area contributed by atoms with Crippen molar-refractivity contribution in [3.63, 3.8) is 0 Å². The molecule has 0 saturated heterocycles. The van der Waals surface area contributed by atoms with Crippen LogP contribution in [0.15, 0.2) is 0 Å². The summed E-state index contributed by atoms with van der Waals surface area (Å²) in [5.74, 6) is 0. The largest absolute Gasteiger partial charge is 0.358 e. The smallest absolute Gasteiger partial charge is 0.103 e. The fraction of sp³-hybridized carbons (Fsp3) is 1.00. The zero-order valence-electron chi connectivity index (χ0n) is 6.77. The molecule has 9 heavy (non-hydrogen) atoms. The molecule has 0 aliphatic rings. The zero-order chi connectivity index (χ0) is 7.49. The second-order valence-corrected chi connectivity index (χ2v) is 2.94. The highest BCUT2D eigenvalue weighted by Gasteiger charge is 2.16. The summed E-state index contributed by atoms with van der Waals surface area (Å²) >= 11 is 0. The lowest BCUT2D eigenvalue weighted by molar-refractivity contribution is -0.0624. The fourth-order valence-corrected chi connectivity index (χ4v) is 0.587. The lowest BCUT2D eigenvalue weighted by Gasteiger charge is -2.25. The average molecular weight is 131 g/mol. The van der Waals surface area contributed by atoms with Crippen LogP contribution in [0.3, 0.4) is 0 Å². The molecule has 0 rings (SSSR count). The molecule has 0 spiro atoms. The van der Waals surface area contributed by atoms with E-state index < -0.39 is 0 Å². The Morgan fingerprint density at radius 3 is 2.11 bits per heavy atom. The van der Waals surface area contributed by atoms with Crippen LogP contribution < -0.4 is 5.73 Å². The minimum atomic E-state index is -0.153. The topological polar surface area (TPSA) is 35.2 Å². The van der Waals surface area contributed by atoms with Gasteiger partial charge in [0, 0.05) is 0 Å². The maximum atomic E-state index is 5.43. The minimum Gasteiger partial charge on any atom is -0.358 e. The van der Waals surface area contributed by atoms with Crippen LogP contribution >= 0.6 is 0 Å². The van der Waals surface area contributed by atoms with Crippen LogP contribution in [0, 0.1) is 0 Å². The van der Waals surface area contributed by atoms with Crippen LogP contribution in [0.25, 0.3) is 0 Å². The van der Waals surface area contributed by atoms with E-state index in [1.54, 1.807) is 0 Å². The minimum absolute atomic E-state index is 0.0613. The van der Waals surface area contributed by atoms with Crippen molar-refractivity contribution >= 4 is 0 Å². The van der Waals surface area contributed by atoms with Gasteiger partial charge in [0.15, 0.2) is 0 Å². The molecule has 1 unspecified atom stereocenters. The molecule has 0 aromatic rings. The summed E-state index contributed by atoms with van der Waals surface area (Å²) in [6.45, 7) is 8.01. The van der Waals surface area contributed by atoms with Crippen LogP contribution in [0.2, 0.25) is 0 Å². The Morgan fingerprint density at radius 2 is 2.00 bits per heavy atom. The van der Waals surface area contributed by atoms with E-state index in [0.29, 0.717) is 0 Å². The second-order valence-electron chi connectivity index (χ2n) is 2.94. The van der Waals surface area contributed by atoms with Crippen molar-refractivity contribution < 1.29 is 4.74 Å². The number of ether oxygens (including phenoxy) is 1. The molecule has 2 nitrogen and oxygen atoms in total. The first-order valence-corrected chi connectivity index (χ1v) is 3.41. The quantitative estimate of drug-likeness (QED) is 0.589. The van der Waals surface area contributed by atoms with Crippen LogP contribution in [-0.4, -0.2) is 11.8 Å². The zero-order valence-corrected chi connectivity index (χ0v) is 6.77. The molecule has 0 aliphatic heterocycles. The number of rotatable bonds is 3. The molecule has 0 aliphatic carbocycles. The molecule has 0 fully saturated rings. The Balaban J connectivity index is 3.58. The van der Waals surface area contributed by atoms with Gasteiger partial charge in [-0.25, -0.2) is 0 Å². The van der Waals surface area contributed by atoms with E-state index in [1.807, 2.05) is 20.8 Å². The molecular weight excluding hydrogens is 114 g/mol. The van der Waals surface area contributed by atoms with Crippen molar-refractivity contribution in [2.24, 2.45) is 5.73 Å². The van der Waals surface area contributed by atoms with E-state index in [1.165, 1.54) is 0 Å². The Hall–Kier alpha value is -0.0800. The molecule has 0 radical (unpaired) electrons. The van der Waals surface area contributed by atoms with Gasteiger partial charge in [0.05, 0.1) is 5.60 Å². The van der Waals surface area contributed by atoms with E-state index in [9.17, 15) is 0 Å². The lowest BCUT2D eigenvalue weighted by atomic mass is 10.1. The predicted molar refractivity (Wildman–Crippen MR) is 39.1 cm³/mol. The van der Waals surface area contributed by atoms with Crippen molar-refractivity contribution in [3.8, 4) is 0 Å². The van der Waals surface area contributed by atoms with Gasteiger partial charge in [0.1, 0.15) is 6.23 Å². The van der Waals surface area contributed by atoms with E-state index in [-0.39, 0.29) is 11.8 Å². The molecule has 2 N–H and O–H groups in total. The molecule has 0 heterocycles. The first-order chi connectivity index (χ1) is 3.98. The molecular formula is C7H17NO. The SMILES string of the molecule is CCC(C)(C)OC(C)N. The van der Waals surface area contributed by atoms with Crippen LogP contribution in [0.5, 0.6) is 0 Å². The first-order valence-electron chi connectivity index (χ1n) is 3.41. The van der Waals surface area contributed by atoms with Gasteiger partial charge in [-0.1, -0.05) is 6.92 Å². The van der Waals surface area contributed by atoms with Gasteiger partial charge in [-0.3, -0.25) is 0 Å². The summed E-state index contributed by atoms with van der Waals surface area (Å²) in [6.07, 6.45) is 0.842. The highest BCUT2D eigenvalue weighted by molar-refractivity contribution is 4.65. The highest BCUT2D eigenvalue weighted by Crippen LogP contribution is 2.13. The number of nitrogens with two attached hydrogens (primary N) is 1. The van der Waals surface area contributed by atoms with Gasteiger partial charge in [0.2, 0.25) is 0 Å². The summed E-state index contributed by atoms with van der Waals surface area (Å²) < 4.78 is 5.36. The molecule has 0 aromatic heterocycles. The maximum Gasteiger partial charge on any atom is 0.103 e. The van der Waals surface area contributed by atoms with Crippen molar-refractivity contribution in [2.45, 2.75) is 45.9 Å². The second kappa shape index (κ2) is 3.18. The van der Waals surface area contributed by atoms with Crippen molar-refractivity contribution in [3.05, 3.63) is 0 Å². The molecule has 0 saturated carbocycles. The Morgan fingerprint density at radius 1 is 1.56 bits per heavy atom. The van der Waals surface area contributed by atoms with E-state index in [0.717, 1.165) is 6.42 Å². The predicted octanol–water partition coefficient (Wildman–Crippen LogP) is 1.50. The molecule has 0 aromatic carbocycles. The monoisotopic (exact) mass is 131 g/mol. The van der Waals surface area contributed by atoms with Gasteiger partial charge >= 0.3 is 0 Å². The summed E-state index contributed by atoms with van der Waals surface area (Å²) in [6, 6.07) is 0. The van der Waals surface area contributed by atoms with Gasteiger partial charge in [-0.15, -0.1) is 0 Å². The summed E-state index contributed by atoms with van der Waals surface area (Å²) in [4.78, 5) is 0. The first kappa shape index (κ1) is 8.92. The molecule has 56 valence electrons.